The molecule has 0 atom stereocenters. The molecule has 1 amide bonds. The van der Waals surface area contributed by atoms with Gasteiger partial charge in [0.2, 0.25) is 0 Å². The molecule has 0 unspecified atom stereocenters. The first-order valence-corrected chi connectivity index (χ1v) is 7.48. The molecule has 0 saturated carbocycles. The minimum absolute atomic E-state index is 0.0270. The molecule has 0 bridgehead atoms. The van der Waals surface area contributed by atoms with Crippen LogP contribution in [0.1, 0.15) is 31.9 Å². The van der Waals surface area contributed by atoms with E-state index in [-0.39, 0.29) is 11.5 Å². The third-order valence-corrected chi connectivity index (χ3v) is 3.44. The van der Waals surface area contributed by atoms with Gasteiger partial charge in [0.1, 0.15) is 11.4 Å². The van der Waals surface area contributed by atoms with Gasteiger partial charge in [-0.2, -0.15) is 13.2 Å². The lowest BCUT2D eigenvalue weighted by Crippen LogP contribution is -2.50. The molecular formula is C17H19F4NO2. The Labute approximate surface area is 137 Å². The summed E-state index contributed by atoms with van der Waals surface area (Å²) in [6.45, 7) is 6.20. The first kappa shape index (κ1) is 18.3. The van der Waals surface area contributed by atoms with Crippen molar-refractivity contribution in [1.29, 1.82) is 0 Å². The average molecular weight is 345 g/mol. The minimum Gasteiger partial charge on any atom is -0.444 e. The molecule has 3 nitrogen and oxygen atoms in total. The van der Waals surface area contributed by atoms with Crippen molar-refractivity contribution in [3.8, 4) is 0 Å². The van der Waals surface area contributed by atoms with Gasteiger partial charge in [-0.25, -0.2) is 9.18 Å². The predicted molar refractivity (Wildman–Crippen MR) is 81.7 cm³/mol. The number of hydrogen-bond acceptors (Lipinski definition) is 2. The van der Waals surface area contributed by atoms with Crippen LogP contribution < -0.4 is 0 Å². The summed E-state index contributed by atoms with van der Waals surface area (Å²) in [5.74, 6) is -0.899. The summed E-state index contributed by atoms with van der Waals surface area (Å²) >= 11 is 0. The van der Waals surface area contributed by atoms with E-state index in [0.717, 1.165) is 12.1 Å². The minimum atomic E-state index is -4.56. The topological polar surface area (TPSA) is 29.5 Å². The summed E-state index contributed by atoms with van der Waals surface area (Å²) in [5, 5.41) is 0. The maximum atomic E-state index is 13.7. The van der Waals surface area contributed by atoms with Gasteiger partial charge in [0.25, 0.3) is 0 Å². The lowest BCUT2D eigenvalue weighted by atomic mass is 9.99. The van der Waals surface area contributed by atoms with Crippen molar-refractivity contribution >= 4 is 12.2 Å². The van der Waals surface area contributed by atoms with E-state index in [1.807, 2.05) is 0 Å². The number of amides is 1. The van der Waals surface area contributed by atoms with Crippen molar-refractivity contribution in [2.24, 2.45) is 5.92 Å². The van der Waals surface area contributed by atoms with Gasteiger partial charge in [-0.3, -0.25) is 0 Å². The Morgan fingerprint density at radius 3 is 2.38 bits per heavy atom. The molecule has 0 aromatic heterocycles. The Morgan fingerprint density at radius 1 is 1.25 bits per heavy atom. The summed E-state index contributed by atoms with van der Waals surface area (Å²) in [5.41, 5.74) is -1.50. The Bertz CT molecular complexity index is 641. The molecule has 2 rings (SSSR count). The molecule has 1 aliphatic rings. The molecule has 1 aromatic carbocycles. The predicted octanol–water partition coefficient (Wildman–Crippen LogP) is 4.72. The normalized spacial score (nSPS) is 16.4. The number of hydrogen-bond donors (Lipinski definition) is 0. The van der Waals surface area contributed by atoms with E-state index in [9.17, 15) is 22.4 Å². The fraction of sp³-hybridized carbons (Fsp3) is 0.471. The van der Waals surface area contributed by atoms with Crippen LogP contribution in [0.15, 0.2) is 24.3 Å². The highest BCUT2D eigenvalue weighted by atomic mass is 19.4. The van der Waals surface area contributed by atoms with Crippen LogP contribution >= 0.6 is 0 Å². The molecule has 0 spiro atoms. The maximum absolute atomic E-state index is 13.7. The van der Waals surface area contributed by atoms with Crippen LogP contribution in [0.25, 0.3) is 6.08 Å². The number of likely N-dealkylation sites (tertiary alicyclic amines) is 1. The molecule has 1 saturated heterocycles. The summed E-state index contributed by atoms with van der Waals surface area (Å²) in [4.78, 5) is 13.3. The average Bonchev–Trinajstić information content (AvgIpc) is 2.35. The fourth-order valence-corrected chi connectivity index (χ4v) is 2.19. The largest absolute Gasteiger partial charge is 0.444 e. The SMILES string of the molecule is CC(C)(C)OC(=O)N1CC(/C=C/c2ccc(C(F)(F)F)cc2F)C1. The smallest absolute Gasteiger partial charge is 0.416 e. The number of carbonyl (C=O) groups is 1. The monoisotopic (exact) mass is 345 g/mol. The van der Waals surface area contributed by atoms with Crippen LogP contribution in [0.4, 0.5) is 22.4 Å². The van der Waals surface area contributed by atoms with E-state index >= 15 is 0 Å². The van der Waals surface area contributed by atoms with Gasteiger partial charge < -0.3 is 9.64 Å². The Morgan fingerprint density at radius 2 is 1.88 bits per heavy atom. The maximum Gasteiger partial charge on any atom is 0.416 e. The van der Waals surface area contributed by atoms with Crippen molar-refractivity contribution in [1.82, 2.24) is 4.90 Å². The zero-order chi connectivity index (χ0) is 18.1. The standard InChI is InChI=1S/C17H19F4NO2/c1-16(2,3)24-15(23)22-9-11(10-22)4-5-12-6-7-13(8-14(12)18)17(19,20)21/h4-8,11H,9-10H2,1-3H3/b5-4+. The lowest BCUT2D eigenvalue weighted by Gasteiger charge is -2.38. The molecule has 132 valence electrons. The van der Waals surface area contributed by atoms with Gasteiger partial charge in [0, 0.05) is 24.6 Å². The van der Waals surface area contributed by atoms with Crippen LogP contribution in [0.3, 0.4) is 0 Å². The number of carbonyl (C=O) groups excluding carboxylic acids is 1. The van der Waals surface area contributed by atoms with E-state index in [0.29, 0.717) is 19.2 Å². The van der Waals surface area contributed by atoms with Crippen LogP contribution in [-0.2, 0) is 10.9 Å². The molecule has 7 heteroatoms. The molecule has 1 aliphatic heterocycles. The molecular weight excluding hydrogens is 326 g/mol. The van der Waals surface area contributed by atoms with E-state index in [1.165, 1.54) is 11.0 Å². The molecule has 1 fully saturated rings. The summed E-state index contributed by atoms with van der Waals surface area (Å²) < 4.78 is 56.4. The van der Waals surface area contributed by atoms with Crippen molar-refractivity contribution in [2.45, 2.75) is 32.5 Å². The van der Waals surface area contributed by atoms with Crippen molar-refractivity contribution in [3.05, 3.63) is 41.2 Å². The highest BCUT2D eigenvalue weighted by Crippen LogP contribution is 2.30. The highest BCUT2D eigenvalue weighted by Gasteiger charge is 2.33. The first-order chi connectivity index (χ1) is 11.0. The molecule has 0 aliphatic carbocycles. The fourth-order valence-electron chi connectivity index (χ4n) is 2.19. The lowest BCUT2D eigenvalue weighted by molar-refractivity contribution is -0.137. The zero-order valence-corrected chi connectivity index (χ0v) is 13.7. The quantitative estimate of drug-likeness (QED) is 0.726. The summed E-state index contributed by atoms with van der Waals surface area (Å²) in [7, 11) is 0. The number of ether oxygens (including phenoxy) is 1. The number of benzene rings is 1. The first-order valence-electron chi connectivity index (χ1n) is 7.48. The molecule has 0 radical (unpaired) electrons. The van der Waals surface area contributed by atoms with Gasteiger partial charge in [-0.15, -0.1) is 0 Å². The molecule has 0 N–H and O–H groups in total. The number of alkyl halides is 3. The number of nitrogens with zero attached hydrogens (tertiary/aromatic N) is 1. The Kier molecular flexibility index (Phi) is 4.92. The van der Waals surface area contributed by atoms with E-state index in [2.05, 4.69) is 0 Å². The van der Waals surface area contributed by atoms with E-state index in [1.54, 1.807) is 26.8 Å². The second kappa shape index (κ2) is 6.45. The van der Waals surface area contributed by atoms with Gasteiger partial charge in [-0.1, -0.05) is 18.2 Å². The van der Waals surface area contributed by atoms with E-state index < -0.39 is 29.3 Å². The van der Waals surface area contributed by atoms with Crippen molar-refractivity contribution in [3.63, 3.8) is 0 Å². The highest BCUT2D eigenvalue weighted by molar-refractivity contribution is 5.69. The Balaban J connectivity index is 1.91. The summed E-state index contributed by atoms with van der Waals surface area (Å²) in [6, 6.07) is 2.42. The zero-order valence-electron chi connectivity index (χ0n) is 13.7. The van der Waals surface area contributed by atoms with Crippen LogP contribution in [-0.4, -0.2) is 29.7 Å². The van der Waals surface area contributed by atoms with Gasteiger partial charge in [-0.05, 0) is 32.9 Å². The van der Waals surface area contributed by atoms with E-state index in [4.69, 9.17) is 4.74 Å². The third kappa shape index (κ3) is 4.72. The Hall–Kier alpha value is -2.05. The van der Waals surface area contributed by atoms with Gasteiger partial charge in [0.15, 0.2) is 0 Å². The van der Waals surface area contributed by atoms with Crippen molar-refractivity contribution < 1.29 is 27.1 Å². The third-order valence-electron chi connectivity index (χ3n) is 3.44. The van der Waals surface area contributed by atoms with Crippen LogP contribution in [0, 0.1) is 11.7 Å². The van der Waals surface area contributed by atoms with Gasteiger partial charge >= 0.3 is 12.3 Å². The summed E-state index contributed by atoms with van der Waals surface area (Å²) in [6.07, 6.45) is -1.85. The molecule has 24 heavy (non-hydrogen) atoms. The number of rotatable bonds is 2. The second-order valence-corrected chi connectivity index (χ2v) is 6.74. The van der Waals surface area contributed by atoms with Crippen LogP contribution in [0.2, 0.25) is 0 Å². The molecule has 1 aromatic rings. The van der Waals surface area contributed by atoms with Gasteiger partial charge in [0.05, 0.1) is 5.56 Å². The molecule has 1 heterocycles. The second-order valence-electron chi connectivity index (χ2n) is 6.74. The van der Waals surface area contributed by atoms with Crippen LogP contribution in [0.5, 0.6) is 0 Å². The van der Waals surface area contributed by atoms with Crippen molar-refractivity contribution in [2.75, 3.05) is 13.1 Å². The number of halogens is 4.